The second-order valence-electron chi connectivity index (χ2n) is 4.70. The molecular formula is C12H15NO4. The van der Waals surface area contributed by atoms with Crippen molar-refractivity contribution in [2.75, 3.05) is 0 Å². The fraction of sp³-hybridized carbons (Fsp3) is 0.583. The molecule has 0 unspecified atom stereocenters. The minimum atomic E-state index is -0.959. The number of carbonyl (C=O) groups is 3. The Balaban J connectivity index is 2.29. The van der Waals surface area contributed by atoms with Gasteiger partial charge in [-0.3, -0.25) is 19.3 Å². The summed E-state index contributed by atoms with van der Waals surface area (Å²) < 4.78 is 0. The Morgan fingerprint density at radius 1 is 1.18 bits per heavy atom. The van der Waals surface area contributed by atoms with Crippen molar-refractivity contribution in [3.05, 3.63) is 12.2 Å². The summed E-state index contributed by atoms with van der Waals surface area (Å²) in [7, 11) is 0. The second-order valence-corrected chi connectivity index (χ2v) is 4.70. The van der Waals surface area contributed by atoms with Crippen molar-refractivity contribution in [2.24, 2.45) is 0 Å². The maximum atomic E-state index is 11.7. The molecule has 2 amide bonds. The highest BCUT2D eigenvalue weighted by Gasteiger charge is 2.46. The van der Waals surface area contributed by atoms with Gasteiger partial charge in [0.15, 0.2) is 0 Å². The van der Waals surface area contributed by atoms with Crippen LogP contribution in [0.2, 0.25) is 0 Å². The van der Waals surface area contributed by atoms with Crippen LogP contribution in [0.3, 0.4) is 0 Å². The molecule has 0 aromatic carbocycles. The first-order chi connectivity index (χ1) is 8.05. The summed E-state index contributed by atoms with van der Waals surface area (Å²) in [5, 5.41) is 8.99. The molecule has 2 rings (SSSR count). The van der Waals surface area contributed by atoms with Crippen LogP contribution < -0.4 is 0 Å². The van der Waals surface area contributed by atoms with Gasteiger partial charge in [0.2, 0.25) is 0 Å². The highest BCUT2D eigenvalue weighted by molar-refractivity contribution is 6.13. The van der Waals surface area contributed by atoms with Crippen molar-refractivity contribution in [3.63, 3.8) is 0 Å². The molecule has 0 spiro atoms. The van der Waals surface area contributed by atoms with Crippen LogP contribution in [0.15, 0.2) is 12.2 Å². The minimum absolute atomic E-state index is 0.147. The number of nitrogens with zero attached hydrogens (tertiary/aromatic N) is 1. The van der Waals surface area contributed by atoms with Gasteiger partial charge in [-0.2, -0.15) is 0 Å². The first kappa shape index (κ1) is 11.8. The van der Waals surface area contributed by atoms with E-state index in [1.807, 2.05) is 0 Å². The first-order valence-corrected chi connectivity index (χ1v) is 5.83. The number of carbonyl (C=O) groups excluding carboxylic acids is 2. The summed E-state index contributed by atoms with van der Waals surface area (Å²) in [4.78, 5) is 35.5. The van der Waals surface area contributed by atoms with Gasteiger partial charge in [-0.1, -0.05) is 19.3 Å². The lowest BCUT2D eigenvalue weighted by atomic mass is 9.78. The number of carboxylic acid groups (broad SMARTS) is 1. The first-order valence-electron chi connectivity index (χ1n) is 5.83. The van der Waals surface area contributed by atoms with Crippen LogP contribution in [0, 0.1) is 0 Å². The lowest BCUT2D eigenvalue weighted by molar-refractivity contribution is -0.150. The van der Waals surface area contributed by atoms with Gasteiger partial charge < -0.3 is 5.11 Å². The Hall–Kier alpha value is -1.65. The van der Waals surface area contributed by atoms with Crippen LogP contribution in [0.1, 0.15) is 38.5 Å². The topological polar surface area (TPSA) is 74.7 Å². The van der Waals surface area contributed by atoms with Crippen molar-refractivity contribution in [3.8, 4) is 0 Å². The smallest absolute Gasteiger partial charge is 0.305 e. The van der Waals surface area contributed by atoms with E-state index in [0.717, 1.165) is 24.2 Å². The Labute approximate surface area is 99.1 Å². The fourth-order valence-electron chi connectivity index (χ4n) is 2.84. The van der Waals surface area contributed by atoms with E-state index in [4.69, 9.17) is 5.11 Å². The molecule has 0 aromatic heterocycles. The quantitative estimate of drug-likeness (QED) is 0.745. The maximum Gasteiger partial charge on any atom is 0.305 e. The van der Waals surface area contributed by atoms with E-state index < -0.39 is 11.5 Å². The molecule has 0 bridgehead atoms. The summed E-state index contributed by atoms with van der Waals surface area (Å²) in [6.07, 6.45) is 6.25. The van der Waals surface area contributed by atoms with E-state index in [9.17, 15) is 14.4 Å². The van der Waals surface area contributed by atoms with Crippen LogP contribution in [0.5, 0.6) is 0 Å². The number of imide groups is 1. The van der Waals surface area contributed by atoms with Gasteiger partial charge in [0.25, 0.3) is 11.8 Å². The van der Waals surface area contributed by atoms with Gasteiger partial charge in [-0.15, -0.1) is 0 Å². The molecule has 1 heterocycles. The predicted molar refractivity (Wildman–Crippen MR) is 59.1 cm³/mol. The Morgan fingerprint density at radius 2 is 1.71 bits per heavy atom. The standard InChI is InChI=1S/C12H15NO4/c14-9-4-5-10(15)13(9)12(8-11(16)17)6-2-1-3-7-12/h4-5H,1-3,6-8H2,(H,16,17). The third-order valence-electron chi connectivity index (χ3n) is 3.55. The summed E-state index contributed by atoms with van der Waals surface area (Å²) in [6, 6.07) is 0. The molecular weight excluding hydrogens is 222 g/mol. The van der Waals surface area contributed by atoms with E-state index in [0.29, 0.717) is 12.8 Å². The van der Waals surface area contributed by atoms with E-state index in [1.54, 1.807) is 0 Å². The number of hydrogen-bond acceptors (Lipinski definition) is 3. The summed E-state index contributed by atoms with van der Waals surface area (Å²) >= 11 is 0. The lowest BCUT2D eigenvalue weighted by Gasteiger charge is -2.42. The van der Waals surface area contributed by atoms with Crippen LogP contribution >= 0.6 is 0 Å². The molecule has 5 nitrogen and oxygen atoms in total. The predicted octanol–water partition coefficient (Wildman–Crippen LogP) is 1.09. The normalized spacial score (nSPS) is 23.2. The van der Waals surface area contributed by atoms with E-state index in [2.05, 4.69) is 0 Å². The molecule has 1 N–H and O–H groups in total. The van der Waals surface area contributed by atoms with E-state index >= 15 is 0 Å². The number of aliphatic carboxylic acids is 1. The molecule has 0 saturated heterocycles. The highest BCUT2D eigenvalue weighted by atomic mass is 16.4. The van der Waals surface area contributed by atoms with Crippen LogP contribution in [0.25, 0.3) is 0 Å². The highest BCUT2D eigenvalue weighted by Crippen LogP contribution is 2.38. The van der Waals surface area contributed by atoms with E-state index in [1.165, 1.54) is 12.2 Å². The van der Waals surface area contributed by atoms with Crippen LogP contribution in [0.4, 0.5) is 0 Å². The molecule has 2 aliphatic rings. The van der Waals surface area contributed by atoms with Gasteiger partial charge in [0.1, 0.15) is 0 Å². The number of hydrogen-bond donors (Lipinski definition) is 1. The third-order valence-corrected chi connectivity index (χ3v) is 3.55. The lowest BCUT2D eigenvalue weighted by Crippen LogP contribution is -2.54. The maximum absolute atomic E-state index is 11.7. The summed E-state index contributed by atoms with van der Waals surface area (Å²) in [5.74, 6) is -1.71. The molecule has 1 aliphatic carbocycles. The van der Waals surface area contributed by atoms with Crippen LogP contribution in [-0.4, -0.2) is 33.3 Å². The SMILES string of the molecule is O=C(O)CC1(N2C(=O)C=CC2=O)CCCCC1. The third kappa shape index (κ3) is 2.09. The number of amides is 2. The zero-order valence-corrected chi connectivity index (χ0v) is 9.52. The minimum Gasteiger partial charge on any atom is -0.481 e. The molecule has 1 fully saturated rings. The zero-order valence-electron chi connectivity index (χ0n) is 9.52. The van der Waals surface area contributed by atoms with Crippen molar-refractivity contribution in [1.29, 1.82) is 0 Å². The van der Waals surface area contributed by atoms with Gasteiger partial charge in [-0.25, -0.2) is 0 Å². The van der Waals surface area contributed by atoms with Gasteiger partial charge >= 0.3 is 5.97 Å². The monoisotopic (exact) mass is 237 g/mol. The Bertz CT molecular complexity index is 375. The molecule has 0 aromatic rings. The number of rotatable bonds is 3. The Kier molecular flexibility index (Phi) is 3.00. The van der Waals surface area contributed by atoms with Gasteiger partial charge in [-0.05, 0) is 12.8 Å². The molecule has 1 aliphatic heterocycles. The molecule has 5 heteroatoms. The van der Waals surface area contributed by atoms with Crippen molar-refractivity contribution >= 4 is 17.8 Å². The molecule has 92 valence electrons. The van der Waals surface area contributed by atoms with Gasteiger partial charge in [0, 0.05) is 12.2 Å². The van der Waals surface area contributed by atoms with E-state index in [-0.39, 0.29) is 18.2 Å². The molecule has 1 saturated carbocycles. The summed E-state index contributed by atoms with van der Waals surface area (Å²) in [6.45, 7) is 0. The molecule has 0 atom stereocenters. The summed E-state index contributed by atoms with van der Waals surface area (Å²) in [5.41, 5.74) is -0.804. The van der Waals surface area contributed by atoms with Crippen LogP contribution in [-0.2, 0) is 14.4 Å². The average molecular weight is 237 g/mol. The van der Waals surface area contributed by atoms with Crippen molar-refractivity contribution in [2.45, 2.75) is 44.1 Å². The molecule has 17 heavy (non-hydrogen) atoms. The van der Waals surface area contributed by atoms with Gasteiger partial charge in [0.05, 0.1) is 12.0 Å². The average Bonchev–Trinajstić information content (AvgIpc) is 2.59. The molecule has 0 radical (unpaired) electrons. The second kappa shape index (κ2) is 4.31. The zero-order chi connectivity index (χ0) is 12.5. The fourth-order valence-corrected chi connectivity index (χ4v) is 2.84. The van der Waals surface area contributed by atoms with Crippen molar-refractivity contribution in [1.82, 2.24) is 4.90 Å². The largest absolute Gasteiger partial charge is 0.481 e. The Morgan fingerprint density at radius 3 is 2.18 bits per heavy atom. The number of carboxylic acids is 1. The van der Waals surface area contributed by atoms with Crippen molar-refractivity contribution < 1.29 is 19.5 Å².